The Labute approximate surface area is 83.1 Å². The second-order valence-electron chi connectivity index (χ2n) is 3.70. The molecule has 0 bridgehead atoms. The summed E-state index contributed by atoms with van der Waals surface area (Å²) in [6.45, 7) is 2.58. The first-order valence-electron chi connectivity index (χ1n) is 4.93. The summed E-state index contributed by atoms with van der Waals surface area (Å²) < 4.78 is 10.6. The Balaban J connectivity index is 2.19. The van der Waals surface area contributed by atoms with Gasteiger partial charge < -0.3 is 14.8 Å². The Hall–Kier alpha value is -0.650. The summed E-state index contributed by atoms with van der Waals surface area (Å²) in [7, 11) is 1.62. The maximum absolute atomic E-state index is 11.8. The number of hydrogen-bond donors (Lipinski definition) is 2. The topological polar surface area (TPSA) is 59.6 Å². The molecule has 2 unspecified atom stereocenters. The third-order valence-corrected chi connectivity index (χ3v) is 3.00. The third-order valence-electron chi connectivity index (χ3n) is 3.00. The molecule has 5 nitrogen and oxygen atoms in total. The van der Waals surface area contributed by atoms with Crippen LogP contribution in [-0.2, 0) is 14.3 Å². The van der Waals surface area contributed by atoms with Crippen LogP contribution < -0.4 is 10.6 Å². The highest BCUT2D eigenvalue weighted by Gasteiger charge is 2.49. The van der Waals surface area contributed by atoms with Crippen LogP contribution >= 0.6 is 0 Å². The minimum atomic E-state index is -0.564. The molecule has 0 saturated carbocycles. The lowest BCUT2D eigenvalue weighted by molar-refractivity contribution is -0.149. The second-order valence-corrected chi connectivity index (χ2v) is 3.70. The number of methoxy groups -OCH3 is 1. The van der Waals surface area contributed by atoms with Crippen molar-refractivity contribution in [2.24, 2.45) is 0 Å². The molecule has 0 aromatic rings. The van der Waals surface area contributed by atoms with E-state index in [4.69, 9.17) is 9.47 Å². The molecule has 0 aromatic heterocycles. The maximum Gasteiger partial charge on any atom is 0.243 e. The molecule has 2 atom stereocenters. The Morgan fingerprint density at radius 1 is 1.57 bits per heavy atom. The van der Waals surface area contributed by atoms with Crippen molar-refractivity contribution in [3.8, 4) is 0 Å². The molecule has 14 heavy (non-hydrogen) atoms. The van der Waals surface area contributed by atoms with Crippen LogP contribution in [0.15, 0.2) is 0 Å². The van der Waals surface area contributed by atoms with E-state index in [-0.39, 0.29) is 12.0 Å². The van der Waals surface area contributed by atoms with E-state index in [1.807, 2.05) is 0 Å². The monoisotopic (exact) mass is 200 g/mol. The molecule has 5 heteroatoms. The lowest BCUT2D eigenvalue weighted by Crippen LogP contribution is -2.71. The van der Waals surface area contributed by atoms with Crippen molar-refractivity contribution in [2.45, 2.75) is 18.1 Å². The van der Waals surface area contributed by atoms with Crippen molar-refractivity contribution in [3.63, 3.8) is 0 Å². The summed E-state index contributed by atoms with van der Waals surface area (Å²) in [6.07, 6.45) is 0.494. The molecule has 2 aliphatic rings. The first kappa shape index (κ1) is 9.89. The van der Waals surface area contributed by atoms with Crippen molar-refractivity contribution < 1.29 is 14.3 Å². The van der Waals surface area contributed by atoms with Gasteiger partial charge in [0.25, 0.3) is 0 Å². The average Bonchev–Trinajstić information content (AvgIpc) is 2.23. The van der Waals surface area contributed by atoms with Crippen LogP contribution in [0.1, 0.15) is 6.42 Å². The van der Waals surface area contributed by atoms with E-state index >= 15 is 0 Å². The van der Waals surface area contributed by atoms with E-state index in [1.165, 1.54) is 0 Å². The van der Waals surface area contributed by atoms with Crippen LogP contribution in [0, 0.1) is 0 Å². The summed E-state index contributed by atoms with van der Waals surface area (Å²) in [5.74, 6) is 0.0406. The number of rotatable bonds is 1. The summed E-state index contributed by atoms with van der Waals surface area (Å²) in [4.78, 5) is 11.8. The lowest BCUT2D eigenvalue weighted by Gasteiger charge is -2.44. The van der Waals surface area contributed by atoms with E-state index in [1.54, 1.807) is 7.11 Å². The molecule has 0 aromatic carbocycles. The summed E-state index contributed by atoms with van der Waals surface area (Å²) >= 11 is 0. The zero-order chi connectivity index (χ0) is 10.0. The van der Waals surface area contributed by atoms with Gasteiger partial charge in [-0.15, -0.1) is 0 Å². The van der Waals surface area contributed by atoms with Crippen LogP contribution in [0.3, 0.4) is 0 Å². The van der Waals surface area contributed by atoms with Crippen LogP contribution in [0.25, 0.3) is 0 Å². The number of carbonyl (C=O) groups is 1. The van der Waals surface area contributed by atoms with Crippen LogP contribution in [0.5, 0.6) is 0 Å². The van der Waals surface area contributed by atoms with Gasteiger partial charge in [0.15, 0.2) is 0 Å². The van der Waals surface area contributed by atoms with Gasteiger partial charge in [-0.05, 0) is 0 Å². The highest BCUT2D eigenvalue weighted by atomic mass is 16.5. The summed E-state index contributed by atoms with van der Waals surface area (Å²) in [6, 6.07) is 0. The minimum absolute atomic E-state index is 0.0406. The number of carbonyl (C=O) groups excluding carboxylic acids is 1. The molecule has 1 amide bonds. The zero-order valence-corrected chi connectivity index (χ0v) is 8.34. The molecule has 2 N–H and O–H groups in total. The fourth-order valence-electron chi connectivity index (χ4n) is 2.16. The number of piperazine rings is 1. The smallest absolute Gasteiger partial charge is 0.243 e. The van der Waals surface area contributed by atoms with Crippen LogP contribution in [0.4, 0.5) is 0 Å². The van der Waals surface area contributed by atoms with Crippen molar-refractivity contribution in [1.82, 2.24) is 10.6 Å². The van der Waals surface area contributed by atoms with Gasteiger partial charge in [0.1, 0.15) is 11.6 Å². The molecular weight excluding hydrogens is 184 g/mol. The third kappa shape index (κ3) is 1.41. The molecular formula is C9H16N2O3. The highest BCUT2D eigenvalue weighted by molar-refractivity contribution is 5.88. The van der Waals surface area contributed by atoms with Gasteiger partial charge >= 0.3 is 0 Å². The van der Waals surface area contributed by atoms with E-state index in [9.17, 15) is 4.79 Å². The van der Waals surface area contributed by atoms with Gasteiger partial charge in [-0.25, -0.2) is 0 Å². The van der Waals surface area contributed by atoms with E-state index < -0.39 is 5.54 Å². The molecule has 2 saturated heterocycles. The largest absolute Gasteiger partial charge is 0.379 e. The quantitative estimate of drug-likeness (QED) is 0.563. The van der Waals surface area contributed by atoms with Crippen molar-refractivity contribution in [2.75, 3.05) is 33.4 Å². The Morgan fingerprint density at radius 2 is 2.43 bits per heavy atom. The van der Waals surface area contributed by atoms with Gasteiger partial charge in [0.2, 0.25) is 5.91 Å². The Bertz CT molecular complexity index is 228. The SMILES string of the molecule is COC1COCCC12NCCNC2=O. The molecule has 0 aliphatic carbocycles. The predicted molar refractivity (Wildman–Crippen MR) is 50.0 cm³/mol. The zero-order valence-electron chi connectivity index (χ0n) is 8.34. The molecule has 2 rings (SSSR count). The van der Waals surface area contributed by atoms with Crippen molar-refractivity contribution in [3.05, 3.63) is 0 Å². The summed E-state index contributed by atoms with van der Waals surface area (Å²) in [5, 5.41) is 6.14. The van der Waals surface area contributed by atoms with E-state index in [2.05, 4.69) is 10.6 Å². The van der Waals surface area contributed by atoms with Crippen LogP contribution in [0.2, 0.25) is 0 Å². The first-order chi connectivity index (χ1) is 6.79. The second kappa shape index (κ2) is 3.84. The molecule has 1 spiro atoms. The van der Waals surface area contributed by atoms with Gasteiger partial charge in [0, 0.05) is 33.2 Å². The first-order valence-corrected chi connectivity index (χ1v) is 4.93. The molecule has 0 radical (unpaired) electrons. The van der Waals surface area contributed by atoms with E-state index in [0.29, 0.717) is 26.2 Å². The normalized spacial score (nSPS) is 38.4. The fraction of sp³-hybridized carbons (Fsp3) is 0.889. The lowest BCUT2D eigenvalue weighted by atomic mass is 9.85. The number of ether oxygens (including phenoxy) is 2. The van der Waals surface area contributed by atoms with Crippen LogP contribution in [-0.4, -0.2) is 51.0 Å². The fourth-order valence-corrected chi connectivity index (χ4v) is 2.16. The molecule has 80 valence electrons. The predicted octanol–water partition coefficient (Wildman–Crippen LogP) is -1.12. The standard InChI is InChI=1S/C9H16N2O3/c1-13-7-6-14-5-2-9(7)8(12)10-3-4-11-9/h7,11H,2-6H2,1H3,(H,10,12). The molecule has 2 fully saturated rings. The number of amides is 1. The average molecular weight is 200 g/mol. The van der Waals surface area contributed by atoms with Gasteiger partial charge in [-0.2, -0.15) is 0 Å². The summed E-state index contributed by atoms with van der Waals surface area (Å²) in [5.41, 5.74) is -0.564. The highest BCUT2D eigenvalue weighted by Crippen LogP contribution is 2.24. The molecule has 2 heterocycles. The Kier molecular flexibility index (Phi) is 2.71. The molecule has 2 aliphatic heterocycles. The van der Waals surface area contributed by atoms with Crippen molar-refractivity contribution >= 4 is 5.91 Å². The number of nitrogens with one attached hydrogen (secondary N) is 2. The number of hydrogen-bond acceptors (Lipinski definition) is 4. The minimum Gasteiger partial charge on any atom is -0.379 e. The Morgan fingerprint density at radius 3 is 3.14 bits per heavy atom. The van der Waals surface area contributed by atoms with Gasteiger partial charge in [-0.3, -0.25) is 10.1 Å². The van der Waals surface area contributed by atoms with Gasteiger partial charge in [-0.1, -0.05) is 0 Å². The maximum atomic E-state index is 11.8. The van der Waals surface area contributed by atoms with E-state index in [0.717, 1.165) is 6.54 Å². The van der Waals surface area contributed by atoms with Gasteiger partial charge in [0.05, 0.1) is 6.61 Å². The van der Waals surface area contributed by atoms with Crippen molar-refractivity contribution in [1.29, 1.82) is 0 Å².